The number of aryl methyl sites for hydroxylation is 3. The van der Waals surface area contributed by atoms with Crippen LogP contribution in [-0.4, -0.2) is 49.4 Å². The number of hydrogen-bond donors (Lipinski definition) is 4. The zero-order valence-corrected chi connectivity index (χ0v) is 34.2. The van der Waals surface area contributed by atoms with Gasteiger partial charge in [-0.15, -0.1) is 51.3 Å². The fourth-order valence-electron chi connectivity index (χ4n) is 4.49. The molecule has 19 heteroatoms. The molecule has 12 nitrogen and oxygen atoms in total. The number of nitrogen functional groups attached to an aromatic ring is 1. The molecule has 3 aromatic carbocycles. The van der Waals surface area contributed by atoms with Crippen LogP contribution in [-0.2, 0) is 30.1 Å². The molecule has 5 rings (SSSR count). The Labute approximate surface area is 321 Å². The third-order valence-corrected chi connectivity index (χ3v) is 16.7. The molecular weight excluding hydrogens is 801 g/mol. The first-order valence-electron chi connectivity index (χ1n) is 14.9. The smallest absolute Gasteiger partial charge is 0.277 e. The Hall–Kier alpha value is -3.85. The third kappa shape index (κ3) is 9.57. The number of nitrogens with two attached hydrogens (primary N) is 2. The third-order valence-electron chi connectivity index (χ3n) is 6.96. The van der Waals surface area contributed by atoms with E-state index in [0.717, 1.165) is 26.0 Å². The number of hydrazone groups is 1. The average molecular weight is 837 g/mol. The molecule has 52 heavy (non-hydrogen) atoms. The highest BCUT2D eigenvalue weighted by atomic mass is 32.3. The zero-order valence-electron chi connectivity index (χ0n) is 28.5. The van der Waals surface area contributed by atoms with Crippen molar-refractivity contribution in [2.24, 2.45) is 16.6 Å². The van der Waals surface area contributed by atoms with E-state index in [1.165, 1.54) is 59.5 Å². The van der Waals surface area contributed by atoms with Crippen molar-refractivity contribution in [3.05, 3.63) is 117 Å². The number of nitrogens with one attached hydrogen (secondary N) is 2. The summed E-state index contributed by atoms with van der Waals surface area (Å²) >= 11 is 5.43. The fourth-order valence-corrected chi connectivity index (χ4v) is 12.4. The molecule has 0 unspecified atom stereocenters. The molecule has 0 aliphatic heterocycles. The van der Waals surface area contributed by atoms with E-state index in [1.54, 1.807) is 68.3 Å². The highest BCUT2D eigenvalue weighted by Gasteiger charge is 2.39. The van der Waals surface area contributed by atoms with Gasteiger partial charge in [0.1, 0.15) is 5.84 Å². The first-order valence-corrected chi connectivity index (χ1v) is 23.4. The van der Waals surface area contributed by atoms with Crippen molar-refractivity contribution in [2.45, 2.75) is 43.9 Å². The van der Waals surface area contributed by atoms with Crippen molar-refractivity contribution >= 4 is 93.6 Å². The van der Waals surface area contributed by atoms with E-state index in [4.69, 9.17) is 16.9 Å². The minimum absolute atomic E-state index is 0.0665. The lowest BCUT2D eigenvalue weighted by atomic mass is 10.2. The normalized spacial score (nSPS) is 12.1. The van der Waals surface area contributed by atoms with Crippen LogP contribution in [0.5, 0.6) is 0 Å². The number of nitrogens with zero attached hydrogens (tertiary/aromatic N) is 2. The summed E-state index contributed by atoms with van der Waals surface area (Å²) in [6.45, 7) is 5.26. The van der Waals surface area contributed by atoms with E-state index in [2.05, 4.69) is 9.93 Å². The highest BCUT2D eigenvalue weighted by Crippen LogP contribution is 2.40. The number of amidine groups is 2. The summed E-state index contributed by atoms with van der Waals surface area (Å²) in [5.41, 5.74) is 13.5. The second-order valence-electron chi connectivity index (χ2n) is 11.0. The molecule has 0 aliphatic carbocycles. The fraction of sp³-hybridized carbons (Fsp3) is 0.152. The van der Waals surface area contributed by atoms with Crippen LogP contribution in [0.2, 0.25) is 0 Å². The van der Waals surface area contributed by atoms with Crippen LogP contribution >= 0.6 is 46.2 Å². The summed E-state index contributed by atoms with van der Waals surface area (Å²) in [7, 11) is -12.8. The van der Waals surface area contributed by atoms with E-state index in [9.17, 15) is 25.3 Å². The Balaban J connectivity index is 0.000000251. The molecule has 2 aromatic heterocycles. The molecule has 6 N–H and O–H groups in total. The van der Waals surface area contributed by atoms with Crippen molar-refractivity contribution in [1.29, 1.82) is 5.41 Å². The molecule has 0 saturated carbocycles. The van der Waals surface area contributed by atoms with Gasteiger partial charge in [-0.25, -0.2) is 16.8 Å². The van der Waals surface area contributed by atoms with Crippen molar-refractivity contribution in [3.8, 4) is 0 Å². The topological polar surface area (TPSA) is 206 Å². The summed E-state index contributed by atoms with van der Waals surface area (Å²) in [5, 5.41) is 11.7. The average Bonchev–Trinajstić information content (AvgIpc) is 3.75. The molecule has 276 valence electrons. The maximum atomic E-state index is 13.7. The summed E-state index contributed by atoms with van der Waals surface area (Å²) in [4.78, 5) is 2.78. The zero-order chi connectivity index (χ0) is 38.4. The van der Waals surface area contributed by atoms with Gasteiger partial charge in [0.15, 0.2) is 5.84 Å². The Kier molecular flexibility index (Phi) is 13.3. The van der Waals surface area contributed by atoms with E-state index >= 15 is 0 Å². The number of sulfonamides is 3. The number of anilines is 1. The number of benzene rings is 3. The SMILES string of the molecule is CSc1cc(N(S(=O)(=O)c2cccc(C)c2)S(=O)(=O)c2cccc(C)c2)c(C(=N)N)s1.CSc1ccc(C(N)=NNS(=O)(=O)c2cccc(C)c2)s1. The van der Waals surface area contributed by atoms with Crippen molar-refractivity contribution in [1.82, 2.24) is 4.83 Å². The van der Waals surface area contributed by atoms with E-state index in [1.807, 2.05) is 31.4 Å². The number of rotatable bonds is 12. The molecule has 0 aliphatic rings. The largest absolute Gasteiger partial charge is 0.383 e. The van der Waals surface area contributed by atoms with Gasteiger partial charge in [-0.05, 0) is 105 Å². The first kappa shape index (κ1) is 40.9. The van der Waals surface area contributed by atoms with Gasteiger partial charge in [-0.2, -0.15) is 17.0 Å². The monoisotopic (exact) mass is 836 g/mol. The van der Waals surface area contributed by atoms with Gasteiger partial charge < -0.3 is 11.5 Å². The number of thioether (sulfide) groups is 2. The van der Waals surface area contributed by atoms with Crippen molar-refractivity contribution < 1.29 is 25.3 Å². The van der Waals surface area contributed by atoms with Gasteiger partial charge in [-0.3, -0.25) is 5.41 Å². The summed E-state index contributed by atoms with van der Waals surface area (Å²) < 4.78 is 81.1. The molecule has 0 amide bonds. The number of hydrogen-bond acceptors (Lipinski definition) is 12. The number of thiophene rings is 2. The quantitative estimate of drug-likeness (QED) is 0.0475. The lowest BCUT2D eigenvalue weighted by molar-refractivity contribution is 0.582. The summed E-state index contributed by atoms with van der Waals surface area (Å²) in [6.07, 6.45) is 3.73. The maximum Gasteiger partial charge on any atom is 0.277 e. The standard InChI is InChI=1S/C20H21N3O4S4.C13H15N3O2S3/c1-13-6-4-8-15(10-13)30(24,25)23(17-12-18(28-3)29-19(17)20(21)22)31(26,27)16-9-5-7-14(2)11-16;1-9-4-3-5-10(8-9)21(17,18)16-15-13(14)11-6-7-12(19-2)20-11/h4-12H,1-3H3,(H3,21,22);3-8,16H,1-2H3,(H2,14,15). The lowest BCUT2D eigenvalue weighted by Crippen LogP contribution is -2.38. The Bertz CT molecular complexity index is 2380. The molecule has 0 radical (unpaired) electrons. The molecule has 5 aromatic rings. The van der Waals surface area contributed by atoms with Crippen LogP contribution in [0.25, 0.3) is 0 Å². The predicted octanol–water partition coefficient (Wildman–Crippen LogP) is 6.33. The van der Waals surface area contributed by atoms with E-state index in [-0.39, 0.29) is 31.1 Å². The predicted molar refractivity (Wildman–Crippen MR) is 215 cm³/mol. The van der Waals surface area contributed by atoms with E-state index < -0.39 is 35.9 Å². The molecular formula is C33H36N6O6S7. The van der Waals surface area contributed by atoms with Crippen LogP contribution in [0.3, 0.4) is 0 Å². The van der Waals surface area contributed by atoms with Gasteiger partial charge in [0, 0.05) is 0 Å². The van der Waals surface area contributed by atoms with Gasteiger partial charge in [0.2, 0.25) is 0 Å². The minimum Gasteiger partial charge on any atom is -0.383 e. The Morgan fingerprint density at radius 2 is 1.17 bits per heavy atom. The van der Waals surface area contributed by atoms with Gasteiger partial charge >= 0.3 is 0 Å². The molecule has 0 atom stereocenters. The Morgan fingerprint density at radius 1 is 0.692 bits per heavy atom. The van der Waals surface area contributed by atoms with Crippen LogP contribution in [0, 0.1) is 26.2 Å². The second kappa shape index (κ2) is 16.9. The second-order valence-corrected chi connectivity index (χ2v) is 20.8. The van der Waals surface area contributed by atoms with Crippen LogP contribution < -0.4 is 20.0 Å². The molecule has 2 heterocycles. The summed E-state index contributed by atoms with van der Waals surface area (Å²) in [5.74, 6) is -0.263. The Morgan fingerprint density at radius 3 is 1.62 bits per heavy atom. The molecule has 0 saturated heterocycles. The maximum absolute atomic E-state index is 13.7. The lowest BCUT2D eigenvalue weighted by Gasteiger charge is -2.24. The van der Waals surface area contributed by atoms with Crippen molar-refractivity contribution in [2.75, 3.05) is 16.2 Å². The van der Waals surface area contributed by atoms with Crippen LogP contribution in [0.1, 0.15) is 26.4 Å². The first-order chi connectivity index (χ1) is 24.4. The molecule has 0 bridgehead atoms. The highest BCUT2D eigenvalue weighted by molar-refractivity contribution is 8.10. The molecule has 0 spiro atoms. The van der Waals surface area contributed by atoms with Crippen LogP contribution in [0.15, 0.2) is 119 Å². The molecule has 0 fully saturated rings. The van der Waals surface area contributed by atoms with Gasteiger partial charge in [0.05, 0.1) is 38.5 Å². The summed E-state index contributed by atoms with van der Waals surface area (Å²) in [6, 6.07) is 23.8. The van der Waals surface area contributed by atoms with E-state index in [0.29, 0.717) is 19.0 Å². The van der Waals surface area contributed by atoms with Gasteiger partial charge in [0.25, 0.3) is 30.1 Å². The minimum atomic E-state index is -4.56. The van der Waals surface area contributed by atoms with Crippen LogP contribution in [0.4, 0.5) is 5.69 Å². The van der Waals surface area contributed by atoms with Gasteiger partial charge in [-0.1, -0.05) is 36.4 Å². The van der Waals surface area contributed by atoms with Crippen molar-refractivity contribution in [3.63, 3.8) is 0 Å².